The number of rotatable bonds is 4. The molecule has 2 aromatic carbocycles. The second kappa shape index (κ2) is 7.19. The van der Waals surface area contributed by atoms with E-state index in [2.05, 4.69) is 15.3 Å². The summed E-state index contributed by atoms with van der Waals surface area (Å²) < 4.78 is 54.7. The van der Waals surface area contributed by atoms with E-state index in [1.165, 1.54) is 22.8 Å². The Morgan fingerprint density at radius 2 is 1.57 bits per heavy atom. The molecule has 4 nitrogen and oxygen atoms in total. The number of benzene rings is 2. The van der Waals surface area contributed by atoms with E-state index in [9.17, 15) is 17.6 Å². The van der Waals surface area contributed by atoms with Crippen LogP contribution in [0.1, 0.15) is 30.7 Å². The third-order valence-electron chi connectivity index (χ3n) is 5.04. The van der Waals surface area contributed by atoms with Crippen molar-refractivity contribution in [3.8, 4) is 11.1 Å². The number of nitrogens with zero attached hydrogens (tertiary/aromatic N) is 4. The zero-order valence-corrected chi connectivity index (χ0v) is 16.3. The highest BCUT2D eigenvalue weighted by Gasteiger charge is 2.32. The molecular formula is C22H18F4N4. The van der Waals surface area contributed by atoms with Crippen LogP contribution < -0.4 is 0 Å². The number of hydrogen-bond acceptors (Lipinski definition) is 3. The third-order valence-corrected chi connectivity index (χ3v) is 5.04. The van der Waals surface area contributed by atoms with Crippen molar-refractivity contribution >= 4 is 5.65 Å². The molecule has 2 aromatic heterocycles. The van der Waals surface area contributed by atoms with Crippen LogP contribution in [0, 0.1) is 5.95 Å². The van der Waals surface area contributed by atoms with Gasteiger partial charge in [-0.15, -0.1) is 10.2 Å². The molecule has 4 rings (SSSR count). The Balaban J connectivity index is 1.78. The van der Waals surface area contributed by atoms with E-state index < -0.39 is 23.1 Å². The largest absolute Gasteiger partial charge is 0.416 e. The molecule has 30 heavy (non-hydrogen) atoms. The van der Waals surface area contributed by atoms with Gasteiger partial charge in [0.15, 0.2) is 5.65 Å². The topological polar surface area (TPSA) is 43.1 Å². The maximum Gasteiger partial charge on any atom is 0.416 e. The Morgan fingerprint density at radius 1 is 0.900 bits per heavy atom. The summed E-state index contributed by atoms with van der Waals surface area (Å²) in [7, 11) is 0. The van der Waals surface area contributed by atoms with Gasteiger partial charge in [-0.05, 0) is 29.7 Å². The molecule has 154 valence electrons. The van der Waals surface area contributed by atoms with Gasteiger partial charge in [0.05, 0.1) is 11.8 Å². The highest BCUT2D eigenvalue weighted by molar-refractivity contribution is 5.77. The number of fused-ring (bicyclic) bond motifs is 1. The van der Waals surface area contributed by atoms with Crippen LogP contribution in [-0.2, 0) is 18.0 Å². The van der Waals surface area contributed by atoms with Crippen LogP contribution in [-0.4, -0.2) is 19.8 Å². The van der Waals surface area contributed by atoms with Gasteiger partial charge in [-0.3, -0.25) is 0 Å². The predicted octanol–water partition coefficient (Wildman–Crippen LogP) is 5.47. The van der Waals surface area contributed by atoms with Crippen LogP contribution in [0.5, 0.6) is 0 Å². The Kier molecular flexibility index (Phi) is 4.80. The van der Waals surface area contributed by atoms with Crippen molar-refractivity contribution in [1.29, 1.82) is 0 Å². The van der Waals surface area contributed by atoms with Gasteiger partial charge in [-0.1, -0.05) is 56.3 Å². The smallest absolute Gasteiger partial charge is 0.212 e. The summed E-state index contributed by atoms with van der Waals surface area (Å²) in [5.74, 6) is -0.731. The first-order valence-corrected chi connectivity index (χ1v) is 9.29. The molecule has 0 aliphatic heterocycles. The highest BCUT2D eigenvalue weighted by Crippen LogP contribution is 2.34. The van der Waals surface area contributed by atoms with Crippen LogP contribution in [0.3, 0.4) is 0 Å². The van der Waals surface area contributed by atoms with Crippen molar-refractivity contribution in [2.75, 3.05) is 0 Å². The van der Waals surface area contributed by atoms with E-state index in [1.54, 1.807) is 0 Å². The summed E-state index contributed by atoms with van der Waals surface area (Å²) in [5, 5.41) is 11.9. The maximum atomic E-state index is 14.8. The van der Waals surface area contributed by atoms with E-state index >= 15 is 0 Å². The lowest BCUT2D eigenvalue weighted by Gasteiger charge is -2.25. The Hall–Kier alpha value is -3.29. The van der Waals surface area contributed by atoms with Crippen molar-refractivity contribution in [1.82, 2.24) is 19.8 Å². The molecule has 0 aliphatic carbocycles. The molecular weight excluding hydrogens is 396 g/mol. The van der Waals surface area contributed by atoms with Gasteiger partial charge in [0.25, 0.3) is 5.95 Å². The average Bonchev–Trinajstić information content (AvgIpc) is 3.11. The minimum absolute atomic E-state index is 0.259. The molecule has 0 aliphatic rings. The quantitative estimate of drug-likeness (QED) is 0.416. The summed E-state index contributed by atoms with van der Waals surface area (Å²) in [5.41, 5.74) is 1.13. The number of alkyl halides is 3. The Bertz CT molecular complexity index is 1180. The molecule has 0 spiro atoms. The first-order valence-electron chi connectivity index (χ1n) is 9.29. The molecule has 0 amide bonds. The van der Waals surface area contributed by atoms with E-state index in [0.29, 0.717) is 17.5 Å². The van der Waals surface area contributed by atoms with E-state index in [-0.39, 0.29) is 11.3 Å². The Labute approximate surface area is 170 Å². The molecule has 0 radical (unpaired) electrons. The molecule has 0 saturated carbocycles. The molecule has 0 N–H and O–H groups in total. The summed E-state index contributed by atoms with van der Waals surface area (Å²) in [6.45, 7) is 3.78. The molecule has 0 unspecified atom stereocenters. The molecule has 0 fully saturated rings. The van der Waals surface area contributed by atoms with Crippen molar-refractivity contribution in [3.05, 3.63) is 83.6 Å². The predicted molar refractivity (Wildman–Crippen MR) is 104 cm³/mol. The summed E-state index contributed by atoms with van der Waals surface area (Å²) in [6.07, 6.45) is -2.41. The lowest BCUT2D eigenvalue weighted by molar-refractivity contribution is -0.137. The fourth-order valence-electron chi connectivity index (χ4n) is 3.63. The van der Waals surface area contributed by atoms with E-state index in [0.717, 1.165) is 17.7 Å². The molecule has 8 heteroatoms. The molecule has 0 bridgehead atoms. The summed E-state index contributed by atoms with van der Waals surface area (Å²) >= 11 is 0. The van der Waals surface area contributed by atoms with Crippen molar-refractivity contribution in [2.24, 2.45) is 0 Å². The number of hydrogen-bond donors (Lipinski definition) is 0. The standard InChI is InChI=1S/C22H18F4N4/c1-21(2,12-14-6-4-3-5-7-14)18-19(23)28-29-20-17(13-27-30(18)20)15-8-10-16(11-9-15)22(24,25)26/h3-11,13H,12H2,1-2H3. The molecule has 0 saturated heterocycles. The summed E-state index contributed by atoms with van der Waals surface area (Å²) in [6, 6.07) is 14.3. The Morgan fingerprint density at radius 3 is 2.20 bits per heavy atom. The fourth-order valence-corrected chi connectivity index (χ4v) is 3.63. The van der Waals surface area contributed by atoms with Crippen molar-refractivity contribution < 1.29 is 17.6 Å². The van der Waals surface area contributed by atoms with E-state index in [1.807, 2.05) is 44.2 Å². The highest BCUT2D eigenvalue weighted by atomic mass is 19.4. The van der Waals surface area contributed by atoms with Crippen LogP contribution >= 0.6 is 0 Å². The lowest BCUT2D eigenvalue weighted by Crippen LogP contribution is -2.27. The number of halogens is 4. The van der Waals surface area contributed by atoms with Gasteiger partial charge in [0.1, 0.15) is 5.69 Å². The first kappa shape index (κ1) is 20.0. The SMILES string of the molecule is CC(C)(Cc1ccccc1)c1c(F)nnc2c(-c3ccc(C(F)(F)F)cc3)cnn12. The fraction of sp³-hybridized carbons (Fsp3) is 0.227. The van der Waals surface area contributed by atoms with Gasteiger partial charge in [0.2, 0.25) is 0 Å². The van der Waals surface area contributed by atoms with Crippen LogP contribution in [0.15, 0.2) is 60.8 Å². The van der Waals surface area contributed by atoms with Crippen molar-refractivity contribution in [3.63, 3.8) is 0 Å². The second-order valence-electron chi connectivity index (χ2n) is 7.75. The lowest BCUT2D eigenvalue weighted by atomic mass is 9.82. The van der Waals surface area contributed by atoms with Crippen LogP contribution in [0.4, 0.5) is 17.6 Å². The zero-order chi connectivity index (χ0) is 21.5. The summed E-state index contributed by atoms with van der Waals surface area (Å²) in [4.78, 5) is 0. The molecule has 0 atom stereocenters. The van der Waals surface area contributed by atoms with Gasteiger partial charge in [-0.25, -0.2) is 4.52 Å². The van der Waals surface area contributed by atoms with E-state index in [4.69, 9.17) is 0 Å². The third kappa shape index (κ3) is 3.65. The van der Waals surface area contributed by atoms with Gasteiger partial charge in [0, 0.05) is 11.0 Å². The minimum atomic E-state index is -4.42. The van der Waals surface area contributed by atoms with Crippen LogP contribution in [0.2, 0.25) is 0 Å². The molecule has 2 heterocycles. The zero-order valence-electron chi connectivity index (χ0n) is 16.3. The minimum Gasteiger partial charge on any atom is -0.212 e. The maximum absolute atomic E-state index is 14.8. The van der Waals surface area contributed by atoms with Gasteiger partial charge >= 0.3 is 6.18 Å². The van der Waals surface area contributed by atoms with Crippen LogP contribution in [0.25, 0.3) is 16.8 Å². The second-order valence-corrected chi connectivity index (χ2v) is 7.75. The number of aromatic nitrogens is 4. The molecule has 4 aromatic rings. The normalized spacial score (nSPS) is 12.5. The average molecular weight is 414 g/mol. The van der Waals surface area contributed by atoms with Gasteiger partial charge < -0.3 is 0 Å². The van der Waals surface area contributed by atoms with Crippen molar-refractivity contribution in [2.45, 2.75) is 31.9 Å². The first-order chi connectivity index (χ1) is 14.2. The monoisotopic (exact) mass is 414 g/mol. The van der Waals surface area contributed by atoms with Gasteiger partial charge in [-0.2, -0.15) is 22.7 Å².